The number of nitrogens with one attached hydrogen (secondary N) is 1. The molecule has 0 atom stereocenters. The molecule has 1 fully saturated rings. The maximum Gasteiger partial charge on any atom is 0.216 e. The summed E-state index contributed by atoms with van der Waals surface area (Å²) >= 11 is 0. The number of nitrogens with zero attached hydrogens (tertiary/aromatic N) is 1. The molecule has 0 saturated carbocycles. The number of rotatable bonds is 4. The Balaban J connectivity index is 1.97. The van der Waals surface area contributed by atoms with Gasteiger partial charge in [0.15, 0.2) is 5.78 Å². The Bertz CT molecular complexity index is 491. The zero-order valence-corrected chi connectivity index (χ0v) is 12.2. The summed E-state index contributed by atoms with van der Waals surface area (Å²) in [6, 6.07) is 7.79. The van der Waals surface area contributed by atoms with Crippen LogP contribution in [0.15, 0.2) is 24.3 Å². The van der Waals surface area contributed by atoms with Crippen molar-refractivity contribution in [1.82, 2.24) is 5.32 Å². The van der Waals surface area contributed by atoms with E-state index in [1.807, 2.05) is 24.3 Å². The van der Waals surface area contributed by atoms with E-state index in [0.29, 0.717) is 5.92 Å². The summed E-state index contributed by atoms with van der Waals surface area (Å²) in [5.41, 5.74) is 1.84. The van der Waals surface area contributed by atoms with E-state index in [4.69, 9.17) is 0 Å². The fourth-order valence-electron chi connectivity index (χ4n) is 2.71. The molecule has 1 heterocycles. The van der Waals surface area contributed by atoms with Crippen molar-refractivity contribution in [3.8, 4) is 0 Å². The SMILES string of the molecule is CC(=O)NCC1CCN(c2ccccc2C(C)=O)CC1. The van der Waals surface area contributed by atoms with Crippen molar-refractivity contribution in [2.45, 2.75) is 26.7 Å². The van der Waals surface area contributed by atoms with Gasteiger partial charge in [-0.1, -0.05) is 12.1 Å². The summed E-state index contributed by atoms with van der Waals surface area (Å²) in [5.74, 6) is 0.690. The lowest BCUT2D eigenvalue weighted by atomic mass is 9.95. The molecule has 0 bridgehead atoms. The van der Waals surface area contributed by atoms with Gasteiger partial charge in [-0.3, -0.25) is 9.59 Å². The molecule has 1 aromatic carbocycles. The molecular weight excluding hydrogens is 252 g/mol. The van der Waals surface area contributed by atoms with Crippen LogP contribution in [-0.2, 0) is 4.79 Å². The first-order chi connectivity index (χ1) is 9.58. The largest absolute Gasteiger partial charge is 0.371 e. The number of ketones is 1. The number of carbonyl (C=O) groups is 2. The fraction of sp³-hybridized carbons (Fsp3) is 0.500. The van der Waals surface area contributed by atoms with Crippen molar-refractivity contribution in [1.29, 1.82) is 0 Å². The maximum atomic E-state index is 11.7. The van der Waals surface area contributed by atoms with Crippen molar-refractivity contribution in [3.05, 3.63) is 29.8 Å². The van der Waals surface area contributed by atoms with E-state index in [1.165, 1.54) is 0 Å². The molecule has 4 nitrogen and oxygen atoms in total. The molecule has 108 valence electrons. The minimum absolute atomic E-state index is 0.0364. The fourth-order valence-corrected chi connectivity index (χ4v) is 2.71. The summed E-state index contributed by atoms with van der Waals surface area (Å²) in [6.07, 6.45) is 2.10. The van der Waals surface area contributed by atoms with E-state index >= 15 is 0 Å². The highest BCUT2D eigenvalue weighted by molar-refractivity contribution is 5.99. The van der Waals surface area contributed by atoms with Crippen molar-refractivity contribution in [3.63, 3.8) is 0 Å². The van der Waals surface area contributed by atoms with Gasteiger partial charge in [-0.2, -0.15) is 0 Å². The quantitative estimate of drug-likeness (QED) is 0.857. The van der Waals surface area contributed by atoms with E-state index in [-0.39, 0.29) is 11.7 Å². The monoisotopic (exact) mass is 274 g/mol. The number of hydrogen-bond donors (Lipinski definition) is 1. The summed E-state index contributed by atoms with van der Waals surface area (Å²) in [7, 11) is 0. The molecule has 0 unspecified atom stereocenters. The molecule has 1 aliphatic rings. The Morgan fingerprint density at radius 3 is 2.45 bits per heavy atom. The average Bonchev–Trinajstić information content (AvgIpc) is 2.45. The first kappa shape index (κ1) is 14.6. The van der Waals surface area contributed by atoms with E-state index in [1.54, 1.807) is 13.8 Å². The minimum atomic E-state index is 0.0364. The first-order valence-electron chi connectivity index (χ1n) is 7.17. The first-order valence-corrected chi connectivity index (χ1v) is 7.17. The van der Waals surface area contributed by atoms with Gasteiger partial charge in [0.05, 0.1) is 0 Å². The van der Waals surface area contributed by atoms with Crippen molar-refractivity contribution >= 4 is 17.4 Å². The Morgan fingerprint density at radius 2 is 1.85 bits per heavy atom. The number of Topliss-reactive ketones (excluding diaryl/α,β-unsaturated/α-hetero) is 1. The number of amides is 1. The van der Waals surface area contributed by atoms with Crippen LogP contribution in [0.5, 0.6) is 0 Å². The average molecular weight is 274 g/mol. The topological polar surface area (TPSA) is 49.4 Å². The Kier molecular flexibility index (Phi) is 4.77. The van der Waals surface area contributed by atoms with Crippen LogP contribution in [0, 0.1) is 5.92 Å². The van der Waals surface area contributed by atoms with Crippen LogP contribution in [0.3, 0.4) is 0 Å². The van der Waals surface area contributed by atoms with E-state index in [2.05, 4.69) is 10.2 Å². The molecule has 0 aliphatic carbocycles. The third-order valence-electron chi connectivity index (χ3n) is 3.88. The third-order valence-corrected chi connectivity index (χ3v) is 3.88. The predicted octanol–water partition coefficient (Wildman–Crippen LogP) is 2.24. The molecule has 1 aliphatic heterocycles. The van der Waals surface area contributed by atoms with Crippen LogP contribution in [0.1, 0.15) is 37.0 Å². The molecule has 0 radical (unpaired) electrons. The summed E-state index contributed by atoms with van der Waals surface area (Å²) in [6.45, 7) is 5.81. The maximum absolute atomic E-state index is 11.7. The van der Waals surface area contributed by atoms with Crippen LogP contribution in [0.25, 0.3) is 0 Å². The summed E-state index contributed by atoms with van der Waals surface area (Å²) < 4.78 is 0. The zero-order valence-electron chi connectivity index (χ0n) is 12.2. The molecule has 1 N–H and O–H groups in total. The molecule has 0 aromatic heterocycles. The molecule has 20 heavy (non-hydrogen) atoms. The molecule has 2 rings (SSSR count). The van der Waals surface area contributed by atoms with Crippen LogP contribution in [0.2, 0.25) is 0 Å². The van der Waals surface area contributed by atoms with Crippen LogP contribution in [0.4, 0.5) is 5.69 Å². The lowest BCUT2D eigenvalue weighted by Gasteiger charge is -2.34. The van der Waals surface area contributed by atoms with E-state index < -0.39 is 0 Å². The Morgan fingerprint density at radius 1 is 1.20 bits per heavy atom. The lowest BCUT2D eigenvalue weighted by Crippen LogP contribution is -2.38. The molecular formula is C16H22N2O2. The molecule has 1 saturated heterocycles. The highest BCUT2D eigenvalue weighted by atomic mass is 16.1. The van der Waals surface area contributed by atoms with Gasteiger partial charge >= 0.3 is 0 Å². The third kappa shape index (κ3) is 3.59. The number of anilines is 1. The Labute approximate surface area is 120 Å². The van der Waals surface area contributed by atoms with Crippen molar-refractivity contribution in [2.24, 2.45) is 5.92 Å². The zero-order chi connectivity index (χ0) is 14.5. The van der Waals surface area contributed by atoms with Gasteiger partial charge in [-0.15, -0.1) is 0 Å². The van der Waals surface area contributed by atoms with Crippen molar-refractivity contribution < 1.29 is 9.59 Å². The van der Waals surface area contributed by atoms with Crippen LogP contribution in [-0.4, -0.2) is 31.3 Å². The number of para-hydroxylation sites is 1. The van der Waals surface area contributed by atoms with Crippen molar-refractivity contribution in [2.75, 3.05) is 24.5 Å². The van der Waals surface area contributed by atoms with E-state index in [0.717, 1.165) is 43.7 Å². The predicted molar refractivity (Wildman–Crippen MR) is 80.1 cm³/mol. The summed E-state index contributed by atoms with van der Waals surface area (Å²) in [4.78, 5) is 24.9. The number of carbonyl (C=O) groups excluding carboxylic acids is 2. The van der Waals surface area contributed by atoms with Gasteiger partial charge in [0, 0.05) is 37.8 Å². The van der Waals surface area contributed by atoms with Crippen LogP contribution >= 0.6 is 0 Å². The highest BCUT2D eigenvalue weighted by Crippen LogP contribution is 2.26. The molecule has 0 spiro atoms. The normalized spacial score (nSPS) is 16.0. The van der Waals surface area contributed by atoms with Gasteiger partial charge < -0.3 is 10.2 Å². The highest BCUT2D eigenvalue weighted by Gasteiger charge is 2.21. The number of benzene rings is 1. The van der Waals surface area contributed by atoms with E-state index in [9.17, 15) is 9.59 Å². The second-order valence-electron chi connectivity index (χ2n) is 5.44. The lowest BCUT2D eigenvalue weighted by molar-refractivity contribution is -0.119. The smallest absolute Gasteiger partial charge is 0.216 e. The van der Waals surface area contributed by atoms with Crippen LogP contribution < -0.4 is 10.2 Å². The van der Waals surface area contributed by atoms with Gasteiger partial charge in [0.2, 0.25) is 5.91 Å². The molecule has 1 aromatic rings. The van der Waals surface area contributed by atoms with Gasteiger partial charge in [-0.25, -0.2) is 0 Å². The van der Waals surface area contributed by atoms with Gasteiger partial charge in [0.1, 0.15) is 0 Å². The molecule has 4 heteroatoms. The Hall–Kier alpha value is -1.84. The van der Waals surface area contributed by atoms with Gasteiger partial charge in [-0.05, 0) is 37.8 Å². The standard InChI is InChI=1S/C16H22N2O2/c1-12(19)15-5-3-4-6-16(15)18-9-7-14(8-10-18)11-17-13(2)20/h3-6,14H,7-11H2,1-2H3,(H,17,20). The second kappa shape index (κ2) is 6.55. The summed E-state index contributed by atoms with van der Waals surface area (Å²) in [5, 5.41) is 2.89. The second-order valence-corrected chi connectivity index (χ2v) is 5.44. The number of hydrogen-bond acceptors (Lipinski definition) is 3. The van der Waals surface area contributed by atoms with Gasteiger partial charge in [0.25, 0.3) is 0 Å². The minimum Gasteiger partial charge on any atom is -0.371 e. The number of piperidine rings is 1. The molecule has 1 amide bonds.